The fraction of sp³-hybridized carbons (Fsp3) is 0.350. The molecule has 9 heteroatoms. The van der Waals surface area contributed by atoms with Gasteiger partial charge in [-0.05, 0) is 31.0 Å². The summed E-state index contributed by atoms with van der Waals surface area (Å²) < 4.78 is 39.4. The third-order valence-electron chi connectivity index (χ3n) is 5.26. The number of likely N-dealkylation sites (tertiary alicyclic amines) is 1. The summed E-state index contributed by atoms with van der Waals surface area (Å²) >= 11 is 0. The maximum Gasteiger partial charge on any atom is 0.417 e. The van der Waals surface area contributed by atoms with E-state index in [9.17, 15) is 22.8 Å². The number of nitrogens with zero attached hydrogens (tertiary/aromatic N) is 3. The molecule has 0 atom stereocenters. The smallest absolute Gasteiger partial charge is 0.342 e. The maximum atomic E-state index is 12.9. The molecule has 1 N–H and O–H groups in total. The Kier molecular flexibility index (Phi) is 4.89. The molecule has 1 amide bonds. The minimum absolute atomic E-state index is 0.183. The fourth-order valence-corrected chi connectivity index (χ4v) is 3.64. The van der Waals surface area contributed by atoms with Crippen molar-refractivity contribution >= 4 is 16.9 Å². The number of pyridine rings is 1. The molecule has 0 unspecified atom stereocenters. The van der Waals surface area contributed by atoms with Crippen LogP contribution in [0.2, 0.25) is 0 Å². The van der Waals surface area contributed by atoms with Gasteiger partial charge in [-0.3, -0.25) is 9.59 Å². The highest BCUT2D eigenvalue weighted by atomic mass is 19.4. The van der Waals surface area contributed by atoms with Gasteiger partial charge in [-0.25, -0.2) is 4.98 Å². The molecule has 1 aliphatic heterocycles. The van der Waals surface area contributed by atoms with E-state index in [1.165, 1.54) is 0 Å². The van der Waals surface area contributed by atoms with Gasteiger partial charge in [-0.2, -0.15) is 13.2 Å². The van der Waals surface area contributed by atoms with Crippen LogP contribution in [0.15, 0.2) is 47.4 Å². The van der Waals surface area contributed by atoms with Crippen LogP contribution < -0.4 is 5.56 Å². The standard InChI is InChI=1S/C20H19F3N4O2/c21-20(22,23)14-5-6-17(28)27(11-14)12-18(29)26-9-7-13(8-10-26)19-24-15-3-1-2-4-16(15)25-19/h1-6,11,13H,7-10,12H2,(H,24,25). The lowest BCUT2D eigenvalue weighted by Crippen LogP contribution is -2.41. The first-order valence-corrected chi connectivity index (χ1v) is 9.31. The highest BCUT2D eigenvalue weighted by Gasteiger charge is 2.31. The van der Waals surface area contributed by atoms with Crippen molar-refractivity contribution in [3.05, 3.63) is 64.3 Å². The number of fused-ring (bicyclic) bond motifs is 1. The van der Waals surface area contributed by atoms with Crippen LogP contribution in [-0.4, -0.2) is 38.4 Å². The van der Waals surface area contributed by atoms with Gasteiger partial charge in [0.05, 0.1) is 16.6 Å². The number of para-hydroxylation sites is 2. The molecule has 0 radical (unpaired) electrons. The zero-order chi connectivity index (χ0) is 20.6. The van der Waals surface area contributed by atoms with Gasteiger partial charge in [-0.15, -0.1) is 0 Å². The Morgan fingerprint density at radius 3 is 2.55 bits per heavy atom. The maximum absolute atomic E-state index is 12.9. The molecular weight excluding hydrogens is 385 g/mol. The average Bonchev–Trinajstić information content (AvgIpc) is 3.13. The van der Waals surface area contributed by atoms with Gasteiger partial charge in [0.15, 0.2) is 0 Å². The normalized spacial score (nSPS) is 15.8. The van der Waals surface area contributed by atoms with Crippen molar-refractivity contribution in [2.24, 2.45) is 0 Å². The Morgan fingerprint density at radius 1 is 1.14 bits per heavy atom. The second kappa shape index (κ2) is 7.38. The van der Waals surface area contributed by atoms with Gasteiger partial charge in [-0.1, -0.05) is 12.1 Å². The lowest BCUT2D eigenvalue weighted by molar-refractivity contribution is -0.139. The highest BCUT2D eigenvalue weighted by Crippen LogP contribution is 2.29. The zero-order valence-corrected chi connectivity index (χ0v) is 15.4. The van der Waals surface area contributed by atoms with Crippen molar-refractivity contribution in [1.82, 2.24) is 19.4 Å². The van der Waals surface area contributed by atoms with Crippen LogP contribution in [0.25, 0.3) is 11.0 Å². The largest absolute Gasteiger partial charge is 0.417 e. The number of hydrogen-bond donors (Lipinski definition) is 1. The van der Waals surface area contributed by atoms with Crippen molar-refractivity contribution in [3.8, 4) is 0 Å². The molecule has 3 heterocycles. The van der Waals surface area contributed by atoms with Crippen molar-refractivity contribution in [3.63, 3.8) is 0 Å². The number of amides is 1. The Bertz CT molecular complexity index is 1060. The predicted octanol–water partition coefficient (Wildman–Crippen LogP) is 3.15. The fourth-order valence-electron chi connectivity index (χ4n) is 3.64. The summed E-state index contributed by atoms with van der Waals surface area (Å²) in [4.78, 5) is 33.9. The molecule has 6 nitrogen and oxygen atoms in total. The van der Waals surface area contributed by atoms with Crippen LogP contribution in [0.5, 0.6) is 0 Å². The Morgan fingerprint density at radius 2 is 1.86 bits per heavy atom. The number of hydrogen-bond acceptors (Lipinski definition) is 3. The van der Waals surface area contributed by atoms with Crippen LogP contribution in [0, 0.1) is 0 Å². The first kappa shape index (κ1) is 19.2. The number of piperidine rings is 1. The van der Waals surface area contributed by atoms with E-state index >= 15 is 0 Å². The van der Waals surface area contributed by atoms with Gasteiger partial charge in [0, 0.05) is 31.3 Å². The van der Waals surface area contributed by atoms with Crippen LogP contribution in [0.1, 0.15) is 30.1 Å². The molecule has 152 valence electrons. The topological polar surface area (TPSA) is 71.0 Å². The quantitative estimate of drug-likeness (QED) is 0.729. The number of halogens is 3. The number of imidazole rings is 1. The lowest BCUT2D eigenvalue weighted by Gasteiger charge is -2.31. The second-order valence-corrected chi connectivity index (χ2v) is 7.18. The number of carbonyl (C=O) groups is 1. The summed E-state index contributed by atoms with van der Waals surface area (Å²) in [5.74, 6) is 0.699. The number of rotatable bonds is 3. The van der Waals surface area contributed by atoms with Gasteiger partial charge in [0.1, 0.15) is 12.4 Å². The highest BCUT2D eigenvalue weighted by molar-refractivity contribution is 5.76. The number of aromatic amines is 1. The minimum Gasteiger partial charge on any atom is -0.342 e. The molecule has 29 heavy (non-hydrogen) atoms. The molecule has 1 fully saturated rings. The van der Waals surface area contributed by atoms with E-state index < -0.39 is 23.8 Å². The molecule has 4 rings (SSSR count). The number of aromatic nitrogens is 3. The molecule has 1 aliphatic rings. The average molecular weight is 404 g/mol. The Balaban J connectivity index is 1.41. The Hall–Kier alpha value is -3.10. The van der Waals surface area contributed by atoms with E-state index in [1.807, 2.05) is 24.3 Å². The van der Waals surface area contributed by atoms with Crippen LogP contribution in [-0.2, 0) is 17.5 Å². The number of benzene rings is 1. The van der Waals surface area contributed by atoms with E-state index in [-0.39, 0.29) is 11.8 Å². The van der Waals surface area contributed by atoms with Crippen molar-refractivity contribution < 1.29 is 18.0 Å². The lowest BCUT2D eigenvalue weighted by atomic mass is 9.96. The van der Waals surface area contributed by atoms with Crippen molar-refractivity contribution in [1.29, 1.82) is 0 Å². The van der Waals surface area contributed by atoms with Crippen molar-refractivity contribution in [2.75, 3.05) is 13.1 Å². The van der Waals surface area contributed by atoms with E-state index in [0.717, 1.165) is 33.6 Å². The van der Waals surface area contributed by atoms with Crippen LogP contribution >= 0.6 is 0 Å². The predicted molar refractivity (Wildman–Crippen MR) is 100 cm³/mol. The van der Waals surface area contributed by atoms with Crippen molar-refractivity contribution in [2.45, 2.75) is 31.5 Å². The van der Waals surface area contributed by atoms with E-state index in [2.05, 4.69) is 9.97 Å². The van der Waals surface area contributed by atoms with E-state index in [0.29, 0.717) is 32.1 Å². The zero-order valence-electron chi connectivity index (χ0n) is 15.4. The first-order valence-electron chi connectivity index (χ1n) is 9.31. The molecule has 3 aromatic rings. The van der Waals surface area contributed by atoms with Gasteiger partial charge in [0.25, 0.3) is 5.56 Å². The molecule has 2 aromatic heterocycles. The molecule has 1 aromatic carbocycles. The summed E-state index contributed by atoms with van der Waals surface area (Å²) in [5, 5.41) is 0. The van der Waals surface area contributed by atoms with Crippen LogP contribution in [0.4, 0.5) is 13.2 Å². The summed E-state index contributed by atoms with van der Waals surface area (Å²) in [5.41, 5.74) is 0.270. The third-order valence-corrected chi connectivity index (χ3v) is 5.26. The number of nitrogens with one attached hydrogen (secondary N) is 1. The van der Waals surface area contributed by atoms with E-state index in [4.69, 9.17) is 0 Å². The second-order valence-electron chi connectivity index (χ2n) is 7.18. The summed E-state index contributed by atoms with van der Waals surface area (Å²) in [7, 11) is 0. The van der Waals surface area contributed by atoms with Crippen LogP contribution in [0.3, 0.4) is 0 Å². The molecular formula is C20H19F3N4O2. The van der Waals surface area contributed by atoms with Gasteiger partial charge < -0.3 is 14.5 Å². The summed E-state index contributed by atoms with van der Waals surface area (Å²) in [6.45, 7) is 0.528. The minimum atomic E-state index is -4.57. The molecule has 0 spiro atoms. The number of alkyl halides is 3. The number of carbonyl (C=O) groups excluding carboxylic acids is 1. The SMILES string of the molecule is O=C(Cn1cc(C(F)(F)F)ccc1=O)N1CCC(c2nc3ccccc3[nH]2)CC1. The van der Waals surface area contributed by atoms with Gasteiger partial charge >= 0.3 is 6.18 Å². The monoisotopic (exact) mass is 404 g/mol. The van der Waals surface area contributed by atoms with E-state index in [1.54, 1.807) is 4.90 Å². The summed E-state index contributed by atoms with van der Waals surface area (Å²) in [6.07, 6.45) is -2.48. The van der Waals surface area contributed by atoms with Gasteiger partial charge in [0.2, 0.25) is 5.91 Å². The molecule has 0 bridgehead atoms. The number of H-pyrrole nitrogens is 1. The molecule has 0 aliphatic carbocycles. The third kappa shape index (κ3) is 4.03. The Labute approximate surface area is 164 Å². The molecule has 0 saturated carbocycles. The first-order chi connectivity index (χ1) is 13.8. The summed E-state index contributed by atoms with van der Waals surface area (Å²) in [6, 6.07) is 9.30. The molecule has 1 saturated heterocycles.